The minimum Gasteiger partial charge on any atom is -0.506 e. The van der Waals surface area contributed by atoms with Crippen molar-refractivity contribution in [3.05, 3.63) is 22.8 Å². The Labute approximate surface area is 155 Å². The highest BCUT2D eigenvalue weighted by atomic mass is 16.3. The molecule has 26 heavy (non-hydrogen) atoms. The molecule has 2 aliphatic carbocycles. The number of aromatic hydroxyl groups is 3. The van der Waals surface area contributed by atoms with E-state index in [1.165, 1.54) is 18.4 Å². The smallest absolute Gasteiger partial charge is 0.168 e. The quantitative estimate of drug-likeness (QED) is 0.383. The van der Waals surface area contributed by atoms with Gasteiger partial charge in [0.1, 0.15) is 5.75 Å². The number of allylic oxidation sites excluding steroid dienone is 1. The average Bonchev–Trinajstić information content (AvgIpc) is 2.56. The Morgan fingerprint density at radius 1 is 1.08 bits per heavy atom. The second-order valence-electron chi connectivity index (χ2n) is 9.10. The molecule has 4 heteroatoms. The zero-order valence-corrected chi connectivity index (χ0v) is 16.2. The van der Waals surface area contributed by atoms with Gasteiger partial charge in [-0.2, -0.15) is 0 Å². The summed E-state index contributed by atoms with van der Waals surface area (Å²) in [7, 11) is 0. The van der Waals surface area contributed by atoms with Crippen LogP contribution in [0.4, 0.5) is 0 Å². The lowest BCUT2D eigenvalue weighted by molar-refractivity contribution is -0.00535. The Morgan fingerprint density at radius 2 is 1.77 bits per heavy atom. The maximum absolute atomic E-state index is 11.2. The van der Waals surface area contributed by atoms with Crippen LogP contribution in [0.3, 0.4) is 0 Å². The molecule has 2 fully saturated rings. The number of carbonyl (C=O) groups excluding carboxylic acids is 1. The van der Waals surface area contributed by atoms with Crippen molar-refractivity contribution in [2.75, 3.05) is 0 Å². The first-order chi connectivity index (χ1) is 12.1. The van der Waals surface area contributed by atoms with Crippen molar-refractivity contribution >= 4 is 12.4 Å². The summed E-state index contributed by atoms with van der Waals surface area (Å²) in [4.78, 5) is 11.2. The van der Waals surface area contributed by atoms with Crippen molar-refractivity contribution in [2.24, 2.45) is 22.7 Å². The van der Waals surface area contributed by atoms with Gasteiger partial charge in [0, 0.05) is 0 Å². The highest BCUT2D eigenvalue weighted by Gasteiger charge is 2.51. The lowest BCUT2D eigenvalue weighted by Gasteiger charge is -2.56. The topological polar surface area (TPSA) is 77.8 Å². The van der Waals surface area contributed by atoms with E-state index in [0.717, 1.165) is 25.3 Å². The molecule has 1 aromatic rings. The van der Waals surface area contributed by atoms with Gasteiger partial charge in [-0.05, 0) is 60.5 Å². The molecule has 2 saturated carbocycles. The van der Waals surface area contributed by atoms with E-state index in [1.807, 2.05) is 6.08 Å². The molecular weight excluding hydrogens is 328 g/mol. The number of hydrogen-bond donors (Lipinski definition) is 3. The predicted octanol–water partition coefficient (Wildman–Crippen LogP) is 5.26. The minimum atomic E-state index is -0.383. The summed E-state index contributed by atoms with van der Waals surface area (Å²) in [5.41, 5.74) is 1.59. The molecule has 2 aliphatic rings. The largest absolute Gasteiger partial charge is 0.506 e. The molecule has 0 bridgehead atoms. The molecule has 0 aromatic heterocycles. The van der Waals surface area contributed by atoms with Gasteiger partial charge < -0.3 is 15.3 Å². The summed E-state index contributed by atoms with van der Waals surface area (Å²) in [6.07, 6.45) is 8.02. The van der Waals surface area contributed by atoms with Crippen LogP contribution >= 0.6 is 0 Å². The molecule has 142 valence electrons. The van der Waals surface area contributed by atoms with Crippen molar-refractivity contribution in [3.8, 4) is 17.2 Å². The number of benzene rings is 1. The molecule has 0 aliphatic heterocycles. The fourth-order valence-corrected chi connectivity index (χ4v) is 5.69. The molecule has 0 heterocycles. The molecule has 1 aromatic carbocycles. The van der Waals surface area contributed by atoms with Crippen molar-refractivity contribution in [3.63, 3.8) is 0 Å². The van der Waals surface area contributed by atoms with Crippen molar-refractivity contribution in [2.45, 2.75) is 59.8 Å². The van der Waals surface area contributed by atoms with Crippen LogP contribution in [0.1, 0.15) is 75.7 Å². The Balaban J connectivity index is 2.18. The van der Waals surface area contributed by atoms with Gasteiger partial charge in [0.2, 0.25) is 0 Å². The molecule has 0 amide bonds. The fourth-order valence-electron chi connectivity index (χ4n) is 5.69. The zero-order chi connectivity index (χ0) is 19.3. The second-order valence-corrected chi connectivity index (χ2v) is 9.10. The summed E-state index contributed by atoms with van der Waals surface area (Å²) < 4.78 is 0. The minimum absolute atomic E-state index is 0.00883. The molecule has 0 radical (unpaired) electrons. The monoisotopic (exact) mass is 358 g/mol. The van der Waals surface area contributed by atoms with Crippen LogP contribution in [0.2, 0.25) is 0 Å². The molecule has 4 nitrogen and oxygen atoms in total. The van der Waals surface area contributed by atoms with Gasteiger partial charge in [-0.3, -0.25) is 4.79 Å². The molecule has 0 unspecified atom stereocenters. The average molecular weight is 358 g/mol. The Hall–Kier alpha value is -1.97. The summed E-state index contributed by atoms with van der Waals surface area (Å²) >= 11 is 0. The standard InChI is InChI=1S/C22H30O4/c1-13-6-7-18-21(2,3)8-5-9-22(18,4)16(13)11-15-19(25)14(12-23)10-17(24)20(15)26/h10-13,18,24-26H,5-9H2,1-4H3/b16-11+/t13-,18+,22+/m0/s1. The van der Waals surface area contributed by atoms with E-state index < -0.39 is 0 Å². The number of fused-ring (bicyclic) bond motifs is 1. The lowest BCUT2D eigenvalue weighted by Crippen LogP contribution is -2.47. The molecule has 0 spiro atoms. The van der Waals surface area contributed by atoms with E-state index in [0.29, 0.717) is 18.1 Å². The van der Waals surface area contributed by atoms with E-state index in [9.17, 15) is 20.1 Å². The number of phenols is 3. The highest BCUT2D eigenvalue weighted by molar-refractivity contribution is 5.86. The van der Waals surface area contributed by atoms with Crippen LogP contribution in [0, 0.1) is 22.7 Å². The first kappa shape index (κ1) is 18.8. The molecule has 3 N–H and O–H groups in total. The highest BCUT2D eigenvalue weighted by Crippen LogP contribution is 2.61. The summed E-state index contributed by atoms with van der Waals surface area (Å²) in [6.45, 7) is 9.18. The van der Waals surface area contributed by atoms with Crippen molar-refractivity contribution < 1.29 is 20.1 Å². The van der Waals surface area contributed by atoms with Crippen LogP contribution in [-0.4, -0.2) is 21.6 Å². The summed E-state index contributed by atoms with van der Waals surface area (Å²) in [5.74, 6) is -0.153. The SMILES string of the molecule is C[C@H]1CC[C@@H]2C(C)(C)CCC[C@]2(C)/C1=C/c1c(O)c(O)cc(C=O)c1O. The predicted molar refractivity (Wildman–Crippen MR) is 102 cm³/mol. The zero-order valence-electron chi connectivity index (χ0n) is 16.2. The van der Waals surface area contributed by atoms with Gasteiger partial charge in [-0.15, -0.1) is 0 Å². The maximum atomic E-state index is 11.2. The van der Waals surface area contributed by atoms with Gasteiger partial charge in [-0.1, -0.05) is 39.7 Å². The second kappa shape index (κ2) is 6.33. The number of hydrogen-bond acceptors (Lipinski definition) is 4. The van der Waals surface area contributed by atoms with Gasteiger partial charge in [0.25, 0.3) is 0 Å². The van der Waals surface area contributed by atoms with Crippen molar-refractivity contribution in [1.29, 1.82) is 0 Å². The summed E-state index contributed by atoms with van der Waals surface area (Å²) in [5, 5.41) is 30.7. The first-order valence-electron chi connectivity index (χ1n) is 9.57. The number of aldehydes is 1. The Morgan fingerprint density at radius 3 is 2.42 bits per heavy atom. The number of rotatable bonds is 2. The third-order valence-electron chi connectivity index (χ3n) is 7.05. The molecule has 3 atom stereocenters. The van der Waals surface area contributed by atoms with Gasteiger partial charge in [-0.25, -0.2) is 0 Å². The summed E-state index contributed by atoms with van der Waals surface area (Å²) in [6, 6.07) is 1.10. The number of carbonyl (C=O) groups is 1. The van der Waals surface area contributed by atoms with E-state index in [1.54, 1.807) is 0 Å². The third kappa shape index (κ3) is 2.80. The van der Waals surface area contributed by atoms with E-state index in [2.05, 4.69) is 27.7 Å². The number of phenolic OH excluding ortho intramolecular Hbond substituents is 3. The van der Waals surface area contributed by atoms with Crippen LogP contribution in [-0.2, 0) is 0 Å². The van der Waals surface area contributed by atoms with Crippen molar-refractivity contribution in [1.82, 2.24) is 0 Å². The van der Waals surface area contributed by atoms with Crippen LogP contribution in [0.25, 0.3) is 6.08 Å². The van der Waals surface area contributed by atoms with Crippen LogP contribution < -0.4 is 0 Å². The van der Waals surface area contributed by atoms with E-state index in [-0.39, 0.29) is 39.2 Å². The first-order valence-corrected chi connectivity index (χ1v) is 9.57. The maximum Gasteiger partial charge on any atom is 0.168 e. The Bertz CT molecular complexity index is 762. The third-order valence-corrected chi connectivity index (χ3v) is 7.05. The van der Waals surface area contributed by atoms with Gasteiger partial charge in [0.05, 0.1) is 11.1 Å². The molecular formula is C22H30O4. The Kier molecular flexibility index (Phi) is 4.58. The van der Waals surface area contributed by atoms with Crippen LogP contribution in [0.5, 0.6) is 17.2 Å². The fraction of sp³-hybridized carbons (Fsp3) is 0.591. The molecule has 0 saturated heterocycles. The lowest BCUT2D eigenvalue weighted by atomic mass is 9.48. The van der Waals surface area contributed by atoms with Gasteiger partial charge >= 0.3 is 0 Å². The van der Waals surface area contributed by atoms with E-state index in [4.69, 9.17) is 0 Å². The molecule has 3 rings (SSSR count). The van der Waals surface area contributed by atoms with Crippen LogP contribution in [0.15, 0.2) is 11.6 Å². The normalized spacial score (nSPS) is 32.2. The van der Waals surface area contributed by atoms with Gasteiger partial charge in [0.15, 0.2) is 17.8 Å². The van der Waals surface area contributed by atoms with E-state index >= 15 is 0 Å².